The molecule has 0 aliphatic carbocycles. The maximum absolute atomic E-state index is 6.02. The van der Waals surface area contributed by atoms with Gasteiger partial charge in [-0.3, -0.25) is 0 Å². The highest BCUT2D eigenvalue weighted by molar-refractivity contribution is 5.67. The van der Waals surface area contributed by atoms with Crippen molar-refractivity contribution in [3.63, 3.8) is 0 Å². The molecule has 1 aromatic rings. The summed E-state index contributed by atoms with van der Waals surface area (Å²) in [5.41, 5.74) is 8.12. The van der Waals surface area contributed by atoms with Crippen LogP contribution < -0.4 is 10.6 Å². The van der Waals surface area contributed by atoms with Crippen LogP contribution in [0.25, 0.3) is 0 Å². The molecule has 0 unspecified atom stereocenters. The van der Waals surface area contributed by atoms with Crippen molar-refractivity contribution in [1.82, 2.24) is 0 Å². The van der Waals surface area contributed by atoms with E-state index in [0.717, 1.165) is 18.8 Å². The Labute approximate surface area is 99.5 Å². The lowest BCUT2D eigenvalue weighted by atomic mass is 10.2. The smallest absolute Gasteiger partial charge is 0.0599 e. The molecule has 2 N–H and O–H groups in total. The van der Waals surface area contributed by atoms with E-state index in [4.69, 9.17) is 5.73 Å². The zero-order chi connectivity index (χ0) is 11.8. The Kier molecular flexibility index (Phi) is 5.76. The molecule has 0 aromatic heterocycles. The third kappa shape index (κ3) is 3.76. The van der Waals surface area contributed by atoms with E-state index < -0.39 is 0 Å². The maximum atomic E-state index is 6.02. The molecule has 2 nitrogen and oxygen atoms in total. The Morgan fingerprint density at radius 2 is 1.56 bits per heavy atom. The number of anilines is 2. The van der Waals surface area contributed by atoms with Crippen LogP contribution in [0, 0.1) is 0 Å². The monoisotopic (exact) mass is 220 g/mol. The zero-order valence-electron chi connectivity index (χ0n) is 10.6. The molecule has 0 radical (unpaired) electrons. The average molecular weight is 220 g/mol. The van der Waals surface area contributed by atoms with Gasteiger partial charge in [-0.15, -0.1) is 0 Å². The Hall–Kier alpha value is -1.18. The van der Waals surface area contributed by atoms with E-state index in [9.17, 15) is 0 Å². The van der Waals surface area contributed by atoms with Crippen molar-refractivity contribution < 1.29 is 0 Å². The molecule has 16 heavy (non-hydrogen) atoms. The molecule has 0 fully saturated rings. The zero-order valence-corrected chi connectivity index (χ0v) is 10.6. The van der Waals surface area contributed by atoms with Gasteiger partial charge in [-0.2, -0.15) is 0 Å². The highest BCUT2D eigenvalue weighted by Gasteiger charge is 2.07. The lowest BCUT2D eigenvalue weighted by Crippen LogP contribution is -2.26. The quantitative estimate of drug-likeness (QED) is 0.710. The molecular formula is C14H24N2. The molecule has 0 aliphatic heterocycles. The fourth-order valence-electron chi connectivity index (χ4n) is 1.83. The lowest BCUT2D eigenvalue weighted by molar-refractivity contribution is 0.678. The van der Waals surface area contributed by atoms with E-state index >= 15 is 0 Å². The Morgan fingerprint density at radius 1 is 1.00 bits per heavy atom. The standard InChI is InChI=1S/C14H24N2/c1-3-5-11-16(12-6-4-2)14-10-8-7-9-13(14)15/h7-10H,3-6,11-12,15H2,1-2H3. The number of nitrogens with zero attached hydrogens (tertiary/aromatic N) is 1. The largest absolute Gasteiger partial charge is 0.397 e. The normalized spacial score (nSPS) is 10.4. The highest BCUT2D eigenvalue weighted by atomic mass is 15.1. The fourth-order valence-corrected chi connectivity index (χ4v) is 1.83. The third-order valence-electron chi connectivity index (χ3n) is 2.84. The van der Waals surface area contributed by atoms with Gasteiger partial charge in [0.05, 0.1) is 11.4 Å². The molecule has 2 heteroatoms. The second kappa shape index (κ2) is 7.15. The Morgan fingerprint density at radius 3 is 2.06 bits per heavy atom. The fraction of sp³-hybridized carbons (Fsp3) is 0.571. The summed E-state index contributed by atoms with van der Waals surface area (Å²) >= 11 is 0. The summed E-state index contributed by atoms with van der Waals surface area (Å²) in [6, 6.07) is 8.17. The number of hydrogen-bond donors (Lipinski definition) is 1. The van der Waals surface area contributed by atoms with Crippen molar-refractivity contribution in [2.75, 3.05) is 23.7 Å². The minimum absolute atomic E-state index is 0.898. The van der Waals surface area contributed by atoms with E-state index in [1.807, 2.05) is 12.1 Å². The summed E-state index contributed by atoms with van der Waals surface area (Å²) in [6.45, 7) is 6.69. The summed E-state index contributed by atoms with van der Waals surface area (Å²) in [7, 11) is 0. The molecule has 90 valence electrons. The van der Waals surface area contributed by atoms with Gasteiger partial charge in [-0.1, -0.05) is 38.8 Å². The van der Waals surface area contributed by atoms with Crippen LogP contribution in [-0.4, -0.2) is 13.1 Å². The van der Waals surface area contributed by atoms with Crippen LogP contribution in [0.1, 0.15) is 39.5 Å². The lowest BCUT2D eigenvalue weighted by Gasteiger charge is -2.25. The van der Waals surface area contributed by atoms with Gasteiger partial charge in [-0.25, -0.2) is 0 Å². The summed E-state index contributed by atoms with van der Waals surface area (Å²) in [5, 5.41) is 0. The first kappa shape index (κ1) is 12.9. The van der Waals surface area contributed by atoms with Gasteiger partial charge < -0.3 is 10.6 Å². The molecule has 0 saturated heterocycles. The molecule has 0 heterocycles. The number of hydrogen-bond acceptors (Lipinski definition) is 2. The van der Waals surface area contributed by atoms with E-state index in [0.29, 0.717) is 0 Å². The first-order valence-electron chi connectivity index (χ1n) is 6.39. The molecule has 0 saturated carbocycles. The van der Waals surface area contributed by atoms with Gasteiger partial charge in [0.1, 0.15) is 0 Å². The molecule has 1 rings (SSSR count). The Balaban J connectivity index is 2.70. The second-order valence-corrected chi connectivity index (χ2v) is 4.25. The molecule has 0 atom stereocenters. The first-order valence-corrected chi connectivity index (χ1v) is 6.39. The SMILES string of the molecule is CCCCN(CCCC)c1ccccc1N. The Bertz CT molecular complexity index is 289. The minimum atomic E-state index is 0.898. The van der Waals surface area contributed by atoms with Crippen molar-refractivity contribution in [3.8, 4) is 0 Å². The molecule has 1 aromatic carbocycles. The second-order valence-electron chi connectivity index (χ2n) is 4.25. The summed E-state index contributed by atoms with van der Waals surface area (Å²) in [6.07, 6.45) is 4.93. The summed E-state index contributed by atoms with van der Waals surface area (Å²) < 4.78 is 0. The molecular weight excluding hydrogens is 196 g/mol. The predicted octanol–water partition coefficient (Wildman–Crippen LogP) is 3.68. The predicted molar refractivity (Wildman–Crippen MR) is 72.9 cm³/mol. The van der Waals surface area contributed by atoms with Crippen LogP contribution in [0.2, 0.25) is 0 Å². The van der Waals surface area contributed by atoms with E-state index in [1.165, 1.54) is 31.4 Å². The van der Waals surface area contributed by atoms with Gasteiger partial charge in [0.15, 0.2) is 0 Å². The summed E-state index contributed by atoms with van der Waals surface area (Å²) in [5.74, 6) is 0. The third-order valence-corrected chi connectivity index (χ3v) is 2.84. The summed E-state index contributed by atoms with van der Waals surface area (Å²) in [4.78, 5) is 2.42. The van der Waals surface area contributed by atoms with Crippen LogP contribution in [0.5, 0.6) is 0 Å². The topological polar surface area (TPSA) is 29.3 Å². The van der Waals surface area contributed by atoms with Gasteiger partial charge >= 0.3 is 0 Å². The van der Waals surface area contributed by atoms with Crippen LogP contribution in [0.3, 0.4) is 0 Å². The molecule has 0 spiro atoms. The number of benzene rings is 1. The van der Waals surface area contributed by atoms with Crippen LogP contribution in [0.15, 0.2) is 24.3 Å². The first-order chi connectivity index (χ1) is 7.79. The van der Waals surface area contributed by atoms with E-state index in [1.54, 1.807) is 0 Å². The molecule has 0 aliphatic rings. The van der Waals surface area contributed by atoms with E-state index in [2.05, 4.69) is 30.9 Å². The van der Waals surface area contributed by atoms with Gasteiger partial charge in [0.2, 0.25) is 0 Å². The van der Waals surface area contributed by atoms with Crippen molar-refractivity contribution in [3.05, 3.63) is 24.3 Å². The maximum Gasteiger partial charge on any atom is 0.0599 e. The van der Waals surface area contributed by atoms with Crippen molar-refractivity contribution in [1.29, 1.82) is 0 Å². The van der Waals surface area contributed by atoms with Crippen LogP contribution in [-0.2, 0) is 0 Å². The number of para-hydroxylation sites is 2. The number of unbranched alkanes of at least 4 members (excludes halogenated alkanes) is 2. The number of rotatable bonds is 7. The van der Waals surface area contributed by atoms with Crippen molar-refractivity contribution >= 4 is 11.4 Å². The van der Waals surface area contributed by atoms with Crippen molar-refractivity contribution in [2.24, 2.45) is 0 Å². The minimum Gasteiger partial charge on any atom is -0.397 e. The van der Waals surface area contributed by atoms with Crippen LogP contribution >= 0.6 is 0 Å². The average Bonchev–Trinajstić information content (AvgIpc) is 2.31. The number of nitrogen functional groups attached to an aromatic ring is 1. The van der Waals surface area contributed by atoms with Gasteiger partial charge in [-0.05, 0) is 25.0 Å². The van der Waals surface area contributed by atoms with Crippen molar-refractivity contribution in [2.45, 2.75) is 39.5 Å². The van der Waals surface area contributed by atoms with Gasteiger partial charge in [0.25, 0.3) is 0 Å². The molecule has 0 bridgehead atoms. The van der Waals surface area contributed by atoms with E-state index in [-0.39, 0.29) is 0 Å². The molecule has 0 amide bonds. The highest BCUT2D eigenvalue weighted by Crippen LogP contribution is 2.23. The number of nitrogens with two attached hydrogens (primary N) is 1. The van der Waals surface area contributed by atoms with Gasteiger partial charge in [0, 0.05) is 13.1 Å². The van der Waals surface area contributed by atoms with Crippen LogP contribution in [0.4, 0.5) is 11.4 Å².